The van der Waals surface area contributed by atoms with E-state index in [4.69, 9.17) is 10.5 Å². The normalized spacial score (nSPS) is 25.6. The fourth-order valence-corrected chi connectivity index (χ4v) is 3.08. The second kappa shape index (κ2) is 5.95. The van der Waals surface area contributed by atoms with Crippen LogP contribution >= 0.6 is 0 Å². The first-order valence-corrected chi connectivity index (χ1v) is 7.46. The van der Waals surface area contributed by atoms with E-state index < -0.39 is 15.1 Å². The van der Waals surface area contributed by atoms with Gasteiger partial charge in [-0.1, -0.05) is 6.92 Å². The first kappa shape index (κ1) is 13.9. The number of likely N-dealkylation sites (N-methyl/N-ethyl adjacent to an activating group) is 1. The van der Waals surface area contributed by atoms with Gasteiger partial charge in [-0.2, -0.15) is 0 Å². The Labute approximate surface area is 97.9 Å². The number of nitrogens with two attached hydrogens (primary N) is 1. The molecule has 0 bridgehead atoms. The summed E-state index contributed by atoms with van der Waals surface area (Å²) < 4.78 is 29.2. The standard InChI is InChI=1S/C10H22N2O3S/c1-3-12-4-5-15-10(7-12)8-16(13,14)9(2)6-11/h9-10H,3-8,11H2,1-2H3. The zero-order valence-electron chi connectivity index (χ0n) is 10.1. The van der Waals surface area contributed by atoms with E-state index in [1.54, 1.807) is 6.92 Å². The summed E-state index contributed by atoms with van der Waals surface area (Å²) in [6, 6.07) is 0. The molecule has 2 N–H and O–H groups in total. The molecule has 5 nitrogen and oxygen atoms in total. The molecular weight excluding hydrogens is 228 g/mol. The molecule has 1 aliphatic rings. The van der Waals surface area contributed by atoms with Gasteiger partial charge in [0.25, 0.3) is 0 Å². The predicted octanol–water partition coefficient (Wildman–Crippen LogP) is -0.531. The van der Waals surface area contributed by atoms with Crippen molar-refractivity contribution in [2.75, 3.05) is 38.5 Å². The summed E-state index contributed by atoms with van der Waals surface area (Å²) in [7, 11) is -3.12. The smallest absolute Gasteiger partial charge is 0.156 e. The van der Waals surface area contributed by atoms with Gasteiger partial charge in [-0.3, -0.25) is 4.90 Å². The van der Waals surface area contributed by atoms with E-state index in [0.717, 1.165) is 13.1 Å². The Morgan fingerprint density at radius 3 is 2.81 bits per heavy atom. The van der Waals surface area contributed by atoms with Crippen molar-refractivity contribution < 1.29 is 13.2 Å². The van der Waals surface area contributed by atoms with Gasteiger partial charge in [-0.15, -0.1) is 0 Å². The molecule has 0 aromatic carbocycles. The van der Waals surface area contributed by atoms with Gasteiger partial charge in [0.2, 0.25) is 0 Å². The molecule has 0 aliphatic carbocycles. The van der Waals surface area contributed by atoms with E-state index in [1.165, 1.54) is 0 Å². The molecule has 0 amide bonds. The monoisotopic (exact) mass is 250 g/mol. The Hall–Kier alpha value is -0.170. The maximum atomic E-state index is 11.8. The van der Waals surface area contributed by atoms with E-state index >= 15 is 0 Å². The van der Waals surface area contributed by atoms with Crippen LogP contribution in [0.1, 0.15) is 13.8 Å². The Bertz CT molecular complexity index is 305. The van der Waals surface area contributed by atoms with Crippen LogP contribution in [0.5, 0.6) is 0 Å². The van der Waals surface area contributed by atoms with Gasteiger partial charge in [0.15, 0.2) is 9.84 Å². The van der Waals surface area contributed by atoms with Crippen molar-refractivity contribution in [2.24, 2.45) is 5.73 Å². The molecule has 1 heterocycles. The van der Waals surface area contributed by atoms with Gasteiger partial charge in [-0.25, -0.2) is 8.42 Å². The molecule has 0 aromatic heterocycles. The Morgan fingerprint density at radius 2 is 2.25 bits per heavy atom. The summed E-state index contributed by atoms with van der Waals surface area (Å²) in [5.74, 6) is 0.0852. The van der Waals surface area contributed by atoms with Crippen LogP contribution in [0, 0.1) is 0 Å². The summed E-state index contributed by atoms with van der Waals surface area (Å²) in [5, 5.41) is -0.479. The molecule has 2 unspecified atom stereocenters. The third kappa shape index (κ3) is 3.69. The lowest BCUT2D eigenvalue weighted by Gasteiger charge is -2.32. The van der Waals surface area contributed by atoms with Gasteiger partial charge >= 0.3 is 0 Å². The Morgan fingerprint density at radius 1 is 1.56 bits per heavy atom. The van der Waals surface area contributed by atoms with Crippen molar-refractivity contribution >= 4 is 9.84 Å². The molecule has 0 saturated carbocycles. The molecule has 2 atom stereocenters. The largest absolute Gasteiger partial charge is 0.374 e. The topological polar surface area (TPSA) is 72.6 Å². The number of hydrogen-bond donors (Lipinski definition) is 1. The lowest BCUT2D eigenvalue weighted by molar-refractivity contribution is -0.0145. The average Bonchev–Trinajstić information content (AvgIpc) is 2.27. The first-order valence-electron chi connectivity index (χ1n) is 5.75. The molecule has 0 radical (unpaired) electrons. The fourth-order valence-electron chi connectivity index (χ4n) is 1.74. The summed E-state index contributed by atoms with van der Waals surface area (Å²) in [5.41, 5.74) is 5.39. The van der Waals surface area contributed by atoms with Crippen molar-refractivity contribution in [2.45, 2.75) is 25.2 Å². The third-order valence-corrected chi connectivity index (χ3v) is 5.29. The molecule has 1 aliphatic heterocycles. The van der Waals surface area contributed by atoms with Gasteiger partial charge in [0, 0.05) is 19.6 Å². The van der Waals surface area contributed by atoms with Crippen LogP contribution in [-0.4, -0.2) is 63.2 Å². The minimum atomic E-state index is -3.12. The summed E-state index contributed by atoms with van der Waals surface area (Å²) in [6.45, 7) is 7.03. The number of nitrogens with zero attached hydrogens (tertiary/aromatic N) is 1. The van der Waals surface area contributed by atoms with Crippen molar-refractivity contribution in [1.29, 1.82) is 0 Å². The van der Waals surface area contributed by atoms with Crippen molar-refractivity contribution in [3.05, 3.63) is 0 Å². The van der Waals surface area contributed by atoms with E-state index in [0.29, 0.717) is 13.2 Å². The highest BCUT2D eigenvalue weighted by Crippen LogP contribution is 2.10. The molecule has 1 fully saturated rings. The first-order chi connectivity index (χ1) is 7.49. The zero-order chi connectivity index (χ0) is 12.2. The summed E-state index contributed by atoms with van der Waals surface area (Å²) in [6.07, 6.45) is -0.201. The van der Waals surface area contributed by atoms with Gasteiger partial charge in [0.1, 0.15) is 0 Å². The number of sulfone groups is 1. The highest BCUT2D eigenvalue weighted by atomic mass is 32.2. The van der Waals surface area contributed by atoms with Crippen LogP contribution in [0.15, 0.2) is 0 Å². The molecule has 16 heavy (non-hydrogen) atoms. The maximum absolute atomic E-state index is 11.8. The van der Waals surface area contributed by atoms with Crippen LogP contribution in [0.2, 0.25) is 0 Å². The summed E-state index contributed by atoms with van der Waals surface area (Å²) in [4.78, 5) is 2.21. The quantitative estimate of drug-likeness (QED) is 0.710. The van der Waals surface area contributed by atoms with Crippen LogP contribution in [0.4, 0.5) is 0 Å². The lowest BCUT2D eigenvalue weighted by atomic mass is 10.3. The Kier molecular flexibility index (Phi) is 5.17. The predicted molar refractivity (Wildman–Crippen MR) is 64.2 cm³/mol. The molecule has 96 valence electrons. The summed E-state index contributed by atoms with van der Waals surface area (Å²) >= 11 is 0. The zero-order valence-corrected chi connectivity index (χ0v) is 10.9. The number of rotatable bonds is 5. The minimum absolute atomic E-state index is 0.0852. The van der Waals surface area contributed by atoms with E-state index in [2.05, 4.69) is 11.8 Å². The Balaban J connectivity index is 2.53. The van der Waals surface area contributed by atoms with E-state index in [1.807, 2.05) is 0 Å². The van der Waals surface area contributed by atoms with Gasteiger partial charge < -0.3 is 10.5 Å². The number of morpholine rings is 1. The highest BCUT2D eigenvalue weighted by Gasteiger charge is 2.28. The van der Waals surface area contributed by atoms with E-state index in [9.17, 15) is 8.42 Å². The molecule has 6 heteroatoms. The van der Waals surface area contributed by atoms with Crippen molar-refractivity contribution in [3.8, 4) is 0 Å². The molecule has 0 aromatic rings. The number of ether oxygens (including phenoxy) is 1. The fraction of sp³-hybridized carbons (Fsp3) is 1.00. The van der Waals surface area contributed by atoms with Crippen LogP contribution in [0.25, 0.3) is 0 Å². The SMILES string of the molecule is CCN1CCOC(CS(=O)(=O)C(C)CN)C1. The second-order valence-electron chi connectivity index (χ2n) is 4.26. The highest BCUT2D eigenvalue weighted by molar-refractivity contribution is 7.92. The van der Waals surface area contributed by atoms with E-state index in [-0.39, 0.29) is 18.4 Å². The van der Waals surface area contributed by atoms with Crippen molar-refractivity contribution in [1.82, 2.24) is 4.90 Å². The average molecular weight is 250 g/mol. The molecule has 0 spiro atoms. The van der Waals surface area contributed by atoms with Crippen molar-refractivity contribution in [3.63, 3.8) is 0 Å². The molecular formula is C10H22N2O3S. The molecule has 1 saturated heterocycles. The third-order valence-electron chi connectivity index (χ3n) is 3.03. The molecule has 1 rings (SSSR count). The lowest BCUT2D eigenvalue weighted by Crippen LogP contribution is -2.46. The van der Waals surface area contributed by atoms with Gasteiger partial charge in [0.05, 0.1) is 23.7 Å². The van der Waals surface area contributed by atoms with Gasteiger partial charge in [-0.05, 0) is 13.5 Å². The van der Waals surface area contributed by atoms with Crippen LogP contribution < -0.4 is 5.73 Å². The minimum Gasteiger partial charge on any atom is -0.374 e. The van der Waals surface area contributed by atoms with Crippen LogP contribution in [-0.2, 0) is 14.6 Å². The van der Waals surface area contributed by atoms with Crippen LogP contribution in [0.3, 0.4) is 0 Å². The second-order valence-corrected chi connectivity index (χ2v) is 6.73. The maximum Gasteiger partial charge on any atom is 0.156 e. The number of hydrogen-bond acceptors (Lipinski definition) is 5.